The van der Waals surface area contributed by atoms with Crippen molar-refractivity contribution < 1.29 is 21.6 Å². The van der Waals surface area contributed by atoms with Gasteiger partial charge < -0.3 is 10.6 Å². The van der Waals surface area contributed by atoms with Crippen molar-refractivity contribution in [2.45, 2.75) is 24.8 Å². The van der Waals surface area contributed by atoms with Gasteiger partial charge in [-0.05, 0) is 13.8 Å². The Balaban J connectivity index is 3.04. The molecule has 0 saturated heterocycles. The zero-order chi connectivity index (χ0) is 16.5. The van der Waals surface area contributed by atoms with Crippen LogP contribution in [0.4, 0.5) is 24.9 Å². The van der Waals surface area contributed by atoms with Gasteiger partial charge >= 0.3 is 6.18 Å². The third-order valence-electron chi connectivity index (χ3n) is 2.94. The van der Waals surface area contributed by atoms with Crippen LogP contribution in [0.25, 0.3) is 0 Å². The fraction of sp³-hybridized carbons (Fsp3) is 0.636. The van der Waals surface area contributed by atoms with E-state index < -0.39 is 26.5 Å². The lowest BCUT2D eigenvalue weighted by Gasteiger charge is -2.23. The molecule has 10 heteroatoms. The summed E-state index contributed by atoms with van der Waals surface area (Å²) in [7, 11) is -1.98. The molecular formula is C11H17F3N4O2S. The first-order valence-electron chi connectivity index (χ1n) is 5.94. The number of hydrogen-bond donors (Lipinski definition) is 2. The highest BCUT2D eigenvalue weighted by Gasteiger charge is 2.34. The molecule has 0 spiro atoms. The number of rotatable bonds is 5. The molecule has 0 aliphatic rings. The fourth-order valence-corrected chi connectivity index (χ4v) is 1.56. The van der Waals surface area contributed by atoms with Crippen molar-refractivity contribution in [2.75, 3.05) is 30.5 Å². The monoisotopic (exact) mass is 326 g/mol. The quantitative estimate of drug-likeness (QED) is 0.858. The van der Waals surface area contributed by atoms with Gasteiger partial charge in [0.1, 0.15) is 5.82 Å². The van der Waals surface area contributed by atoms with E-state index in [1.54, 1.807) is 0 Å². The molecule has 2 N–H and O–H groups in total. The molecule has 0 radical (unpaired) electrons. The van der Waals surface area contributed by atoms with Crippen LogP contribution in [0.5, 0.6) is 0 Å². The van der Waals surface area contributed by atoms with Crippen LogP contribution in [-0.2, 0) is 16.0 Å². The van der Waals surface area contributed by atoms with E-state index in [-0.39, 0.29) is 18.3 Å². The molecule has 0 atom stereocenters. The molecule has 0 bridgehead atoms. The second kappa shape index (κ2) is 5.66. The summed E-state index contributed by atoms with van der Waals surface area (Å²) >= 11 is 0. The Kier molecular flexibility index (Phi) is 4.71. The van der Waals surface area contributed by atoms with Gasteiger partial charge in [-0.1, -0.05) is 0 Å². The van der Waals surface area contributed by atoms with Gasteiger partial charge in [0.25, 0.3) is 0 Å². The maximum Gasteiger partial charge on any atom is 0.433 e. The summed E-state index contributed by atoms with van der Waals surface area (Å²) in [5.74, 6) is -0.303. The third kappa shape index (κ3) is 4.45. The number of halogens is 3. The highest BCUT2D eigenvalue weighted by Crippen LogP contribution is 2.29. The molecule has 0 unspecified atom stereocenters. The van der Waals surface area contributed by atoms with E-state index in [1.165, 1.54) is 20.9 Å². The molecule has 120 valence electrons. The number of anilines is 2. The number of aromatic nitrogens is 2. The van der Waals surface area contributed by atoms with Crippen LogP contribution < -0.4 is 10.6 Å². The van der Waals surface area contributed by atoms with Crippen molar-refractivity contribution in [3.8, 4) is 0 Å². The summed E-state index contributed by atoms with van der Waals surface area (Å²) in [5.41, 5.74) is -1.11. The SMILES string of the molecule is CNc1nc(NCC(C)(C)S(C)(=O)=O)cc(C(F)(F)F)n1. The van der Waals surface area contributed by atoms with Gasteiger partial charge in [-0.3, -0.25) is 0 Å². The number of alkyl halides is 3. The van der Waals surface area contributed by atoms with E-state index >= 15 is 0 Å². The van der Waals surface area contributed by atoms with Crippen LogP contribution in [-0.4, -0.2) is 43.0 Å². The molecule has 0 saturated carbocycles. The number of hydrogen-bond acceptors (Lipinski definition) is 6. The van der Waals surface area contributed by atoms with Crippen molar-refractivity contribution in [2.24, 2.45) is 0 Å². The van der Waals surface area contributed by atoms with Crippen LogP contribution in [0.2, 0.25) is 0 Å². The molecular weight excluding hydrogens is 309 g/mol. The molecule has 0 aliphatic heterocycles. The van der Waals surface area contributed by atoms with Gasteiger partial charge in [0.15, 0.2) is 15.5 Å². The van der Waals surface area contributed by atoms with E-state index in [4.69, 9.17) is 0 Å². The van der Waals surface area contributed by atoms with Crippen molar-refractivity contribution in [3.63, 3.8) is 0 Å². The maximum absolute atomic E-state index is 12.7. The van der Waals surface area contributed by atoms with Crippen LogP contribution in [0.15, 0.2) is 6.07 Å². The minimum absolute atomic E-state index is 0.0801. The predicted molar refractivity (Wildman–Crippen MR) is 74.0 cm³/mol. The highest BCUT2D eigenvalue weighted by atomic mass is 32.2. The molecule has 0 fully saturated rings. The minimum atomic E-state index is -4.61. The van der Waals surface area contributed by atoms with Gasteiger partial charge in [-0.2, -0.15) is 18.2 Å². The van der Waals surface area contributed by atoms with Crippen molar-refractivity contribution in [1.29, 1.82) is 0 Å². The Morgan fingerprint density at radius 3 is 2.24 bits per heavy atom. The normalized spacial score (nSPS) is 13.1. The lowest BCUT2D eigenvalue weighted by molar-refractivity contribution is -0.141. The van der Waals surface area contributed by atoms with Crippen LogP contribution in [0.3, 0.4) is 0 Å². The van der Waals surface area contributed by atoms with Gasteiger partial charge in [0.2, 0.25) is 5.95 Å². The van der Waals surface area contributed by atoms with E-state index in [0.29, 0.717) is 0 Å². The fourth-order valence-electron chi connectivity index (χ4n) is 1.23. The number of nitrogens with one attached hydrogen (secondary N) is 2. The van der Waals surface area contributed by atoms with Crippen molar-refractivity contribution in [3.05, 3.63) is 11.8 Å². The lowest BCUT2D eigenvalue weighted by Crippen LogP contribution is -2.38. The number of nitrogens with zero attached hydrogens (tertiary/aromatic N) is 2. The predicted octanol–water partition coefficient (Wildman–Crippen LogP) is 1.77. The maximum atomic E-state index is 12.7. The summed E-state index contributed by atoms with van der Waals surface area (Å²) in [6.07, 6.45) is -3.55. The molecule has 0 aromatic carbocycles. The molecule has 0 amide bonds. The smallest absolute Gasteiger partial charge is 0.368 e. The largest absolute Gasteiger partial charge is 0.433 e. The average Bonchev–Trinajstić information content (AvgIpc) is 2.33. The van der Waals surface area contributed by atoms with E-state index in [9.17, 15) is 21.6 Å². The summed E-state index contributed by atoms with van der Waals surface area (Å²) < 4.78 is 60.1. The Morgan fingerprint density at radius 2 is 1.81 bits per heavy atom. The first-order valence-corrected chi connectivity index (χ1v) is 7.83. The average molecular weight is 326 g/mol. The van der Waals surface area contributed by atoms with E-state index in [2.05, 4.69) is 20.6 Å². The summed E-state index contributed by atoms with van der Waals surface area (Å²) in [6.45, 7) is 2.86. The molecule has 21 heavy (non-hydrogen) atoms. The highest BCUT2D eigenvalue weighted by molar-refractivity contribution is 7.92. The Labute approximate surface area is 121 Å². The topological polar surface area (TPSA) is 84.0 Å². The minimum Gasteiger partial charge on any atom is -0.368 e. The zero-order valence-electron chi connectivity index (χ0n) is 12.0. The molecule has 1 aromatic heterocycles. The second-order valence-electron chi connectivity index (χ2n) is 5.10. The Hall–Kier alpha value is -1.58. The van der Waals surface area contributed by atoms with Crippen LogP contribution in [0, 0.1) is 0 Å². The number of sulfone groups is 1. The molecule has 0 aliphatic carbocycles. The molecule has 6 nitrogen and oxygen atoms in total. The van der Waals surface area contributed by atoms with Gasteiger partial charge in [0, 0.05) is 25.9 Å². The van der Waals surface area contributed by atoms with Crippen LogP contribution in [0.1, 0.15) is 19.5 Å². The summed E-state index contributed by atoms with van der Waals surface area (Å²) in [6, 6.07) is 0.735. The Morgan fingerprint density at radius 1 is 1.24 bits per heavy atom. The van der Waals surface area contributed by atoms with Crippen LogP contribution >= 0.6 is 0 Å². The summed E-state index contributed by atoms with van der Waals surface area (Å²) in [5, 5.41) is 5.04. The molecule has 1 aromatic rings. The van der Waals surface area contributed by atoms with Gasteiger partial charge in [0.05, 0.1) is 4.75 Å². The van der Waals surface area contributed by atoms with Crippen molar-refractivity contribution in [1.82, 2.24) is 9.97 Å². The van der Waals surface area contributed by atoms with Gasteiger partial charge in [-0.15, -0.1) is 0 Å². The third-order valence-corrected chi connectivity index (χ3v) is 5.09. The second-order valence-corrected chi connectivity index (χ2v) is 7.74. The summed E-state index contributed by atoms with van der Waals surface area (Å²) in [4.78, 5) is 7.13. The van der Waals surface area contributed by atoms with Crippen molar-refractivity contribution >= 4 is 21.6 Å². The lowest BCUT2D eigenvalue weighted by atomic mass is 10.2. The molecule has 1 heterocycles. The molecule has 1 rings (SSSR count). The van der Waals surface area contributed by atoms with E-state index in [1.807, 2.05) is 0 Å². The first-order chi connectivity index (χ1) is 9.37. The standard InChI is InChI=1S/C11H17F3N4O2S/c1-10(2,21(4,19)20)6-16-8-5-7(11(12,13)14)17-9(15-3)18-8/h5H,6H2,1-4H3,(H2,15,16,17,18). The first kappa shape index (κ1) is 17.5. The Bertz CT molecular complexity index is 614. The van der Waals surface area contributed by atoms with E-state index in [0.717, 1.165) is 12.3 Å². The zero-order valence-corrected chi connectivity index (χ0v) is 12.9. The van der Waals surface area contributed by atoms with Gasteiger partial charge in [-0.25, -0.2) is 13.4 Å².